The summed E-state index contributed by atoms with van der Waals surface area (Å²) in [6.45, 7) is 0. The molecule has 42 valence electrons. The van der Waals surface area contributed by atoms with Crippen molar-refractivity contribution in [1.29, 1.82) is 0 Å². The molecule has 0 saturated carbocycles. The van der Waals surface area contributed by atoms with Crippen LogP contribution in [-0.4, -0.2) is 89.3 Å². The zero-order valence-electron chi connectivity index (χ0n) is 5.72. The zero-order valence-corrected chi connectivity index (χ0v) is 12.4. The third kappa shape index (κ3) is 83.2. The van der Waals surface area contributed by atoms with Gasteiger partial charge in [0.1, 0.15) is 0 Å². The fourth-order valence-corrected chi connectivity index (χ4v) is 0. The predicted molar refractivity (Wildman–Crippen MR) is 31.0 cm³/mol. The van der Waals surface area contributed by atoms with Gasteiger partial charge < -0.3 is 17.9 Å². The molecule has 0 aromatic rings. The fourth-order valence-electron chi connectivity index (χ4n) is 0. The van der Waals surface area contributed by atoms with Crippen molar-refractivity contribution in [2.45, 2.75) is 0 Å². The van der Waals surface area contributed by atoms with Crippen LogP contribution in [0.2, 0.25) is 0 Å². The van der Waals surface area contributed by atoms with Crippen molar-refractivity contribution in [3.63, 3.8) is 0 Å². The van der Waals surface area contributed by atoms with E-state index in [-0.39, 0.29) is 73.4 Å². The van der Waals surface area contributed by atoms with E-state index < -0.39 is 9.17 Å². The summed E-state index contributed by atoms with van der Waals surface area (Å²) in [5, 5.41) is 0. The minimum atomic E-state index is -3.13. The van der Waals surface area contributed by atoms with Gasteiger partial charge in [-0.2, -0.15) is 0 Å². The van der Waals surface area contributed by atoms with E-state index in [0.29, 0.717) is 0 Å². The predicted octanol–water partition coefficient (Wildman–Crippen LogP) is -3.51. The molecular weight excluding hydrogens is 339 g/mol. The molecule has 0 saturated heterocycles. The summed E-state index contributed by atoms with van der Waals surface area (Å²) in [6, 6.07) is 0. The summed E-state index contributed by atoms with van der Waals surface area (Å²) >= 11 is 0. The number of hydrogen-bond donors (Lipinski definition) is 2. The second-order valence-corrected chi connectivity index (χ2v) is 0.848. The van der Waals surface area contributed by atoms with Crippen molar-refractivity contribution in [1.82, 2.24) is 0 Å². The van der Waals surface area contributed by atoms with Crippen LogP contribution in [0.4, 0.5) is 0 Å². The van der Waals surface area contributed by atoms with Gasteiger partial charge in [-0.15, -0.1) is 0 Å². The summed E-state index contributed by atoms with van der Waals surface area (Å²) < 4.78 is 8.74. The van der Waals surface area contributed by atoms with Crippen LogP contribution in [0.3, 0.4) is 0 Å². The Bertz CT molecular complexity index is 41.5. The van der Waals surface area contributed by atoms with Gasteiger partial charge in [0.05, 0.1) is 0 Å². The van der Waals surface area contributed by atoms with Crippen molar-refractivity contribution < 1.29 is 22.4 Å². The topological polar surface area (TPSA) is 89.0 Å². The van der Waals surface area contributed by atoms with E-state index in [0.717, 1.165) is 0 Å². The van der Waals surface area contributed by atoms with Gasteiger partial charge in [-0.1, -0.05) is 0 Å². The minimum absolute atomic E-state index is 0. The van der Waals surface area contributed by atoms with E-state index in [4.69, 9.17) is 14.1 Å². The molecule has 0 aromatic heterocycles. The van der Waals surface area contributed by atoms with Crippen molar-refractivity contribution in [3.8, 4) is 0 Å². The molecule has 0 spiro atoms. The summed E-state index contributed by atoms with van der Waals surface area (Å²) in [5.74, 6) is 0. The first-order chi connectivity index (χ1) is 1.73. The molecule has 2 radical (unpaired) electrons. The molecule has 4 N–H and O–H groups in total. The Morgan fingerprint density at radius 2 is 1.43 bits per heavy atom. The zero-order chi connectivity index (χ0) is 3.58. The molecule has 0 aliphatic rings. The third-order valence-corrected chi connectivity index (χ3v) is 0. The van der Waals surface area contributed by atoms with Crippen LogP contribution >= 0.6 is 0 Å². The van der Waals surface area contributed by atoms with Gasteiger partial charge in [0, 0.05) is 0 Å². The number of rotatable bonds is 0. The first-order valence-corrected chi connectivity index (χ1v) is 1.95. The molecule has 0 aliphatic heterocycles. The van der Waals surface area contributed by atoms with Crippen molar-refractivity contribution in [3.05, 3.63) is 0 Å². The van der Waals surface area contributed by atoms with E-state index >= 15 is 0 Å². The monoisotopic (exact) mass is 348 g/mol. The van der Waals surface area contributed by atoms with Crippen LogP contribution in [0.15, 0.2) is 0 Å². The maximum atomic E-state index is 8.74. The summed E-state index contributed by atoms with van der Waals surface area (Å²) in [6.07, 6.45) is 0. The van der Waals surface area contributed by atoms with Crippen LogP contribution in [0.5, 0.6) is 0 Å². The van der Waals surface area contributed by atoms with Crippen molar-refractivity contribution in [2.75, 3.05) is 0 Å². The second kappa shape index (κ2) is 15.7. The normalized spacial score (nSPS) is 3.43. The van der Waals surface area contributed by atoms with Gasteiger partial charge in [-0.25, -0.2) is 0 Å². The van der Waals surface area contributed by atoms with E-state index in [9.17, 15) is 0 Å². The molecule has 0 unspecified atom stereocenters. The first kappa shape index (κ1) is 23.3. The average Bonchev–Trinajstić information content (AvgIpc) is 0.811. The Hall–Kier alpha value is 1.76. The van der Waals surface area contributed by atoms with Gasteiger partial charge in [0.15, 0.2) is 0 Å². The molecule has 0 aromatic carbocycles. The van der Waals surface area contributed by atoms with Crippen molar-refractivity contribution >= 4 is 74.2 Å². The molecule has 0 aliphatic carbocycles. The van der Waals surface area contributed by atoms with E-state index in [1.807, 2.05) is 0 Å². The molecule has 7 heavy (non-hydrogen) atoms. The van der Waals surface area contributed by atoms with Gasteiger partial charge >= 0.3 is 74.2 Å². The fraction of sp³-hybridized carbons (Fsp3) is 0. The molecule has 7 heteroatoms. The molecule has 0 heterocycles. The Labute approximate surface area is 95.3 Å². The average molecular weight is 347 g/mol. The van der Waals surface area contributed by atoms with Gasteiger partial charge in [0.25, 0.3) is 0 Å². The van der Waals surface area contributed by atoms with E-state index in [2.05, 4.69) is 0 Å². The first-order valence-electron chi connectivity index (χ1n) is 0.651. The Morgan fingerprint density at radius 1 is 1.43 bits per heavy atom. The van der Waals surface area contributed by atoms with Gasteiger partial charge in [-0.05, 0) is 0 Å². The van der Waals surface area contributed by atoms with E-state index in [1.165, 1.54) is 0 Å². The van der Waals surface area contributed by atoms with Crippen LogP contribution in [0, 0.1) is 0 Å². The Morgan fingerprint density at radius 3 is 1.43 bits per heavy atom. The standard InChI is InChI=1S/Ca.H2O3Si.H2O.Pb.4H/c;1-4(2)3;;;;;;/h;1-2H;1H2;;;;;/q+2;;;;;;2*-1. The quantitative estimate of drug-likeness (QED) is 0.446. The molecule has 0 atom stereocenters. The van der Waals surface area contributed by atoms with Gasteiger partial charge in [-0.3, -0.25) is 4.46 Å². The Balaban J connectivity index is -0.00000000450. The molecule has 0 bridgehead atoms. The molecular formula is H8CaO4PbSi. The van der Waals surface area contributed by atoms with Gasteiger partial charge in [0.2, 0.25) is 0 Å². The maximum absolute atomic E-state index is 8.74. The molecule has 0 fully saturated rings. The Kier molecular flexibility index (Phi) is 52.1. The summed E-state index contributed by atoms with van der Waals surface area (Å²) in [7, 11) is -3.13. The number of hydrogen-bond acceptors (Lipinski definition) is 1. The van der Waals surface area contributed by atoms with Crippen molar-refractivity contribution in [2.24, 2.45) is 0 Å². The summed E-state index contributed by atoms with van der Waals surface area (Å²) in [5.41, 5.74) is 0. The van der Waals surface area contributed by atoms with Crippen LogP contribution in [-0.2, 0) is 4.46 Å². The second-order valence-electron chi connectivity index (χ2n) is 0.283. The van der Waals surface area contributed by atoms with Crippen LogP contribution in [0.25, 0.3) is 0 Å². The van der Waals surface area contributed by atoms with Crippen LogP contribution in [0.1, 0.15) is 2.85 Å². The molecule has 4 nitrogen and oxygen atoms in total. The SMILES string of the molecule is O.O=[Si](O)O.[Ca+2].[H-].[H-].[PbH2]. The molecule has 0 amide bonds. The van der Waals surface area contributed by atoms with E-state index in [1.54, 1.807) is 0 Å². The third-order valence-electron chi connectivity index (χ3n) is 0. The summed E-state index contributed by atoms with van der Waals surface area (Å²) in [4.78, 5) is 14.3. The molecule has 0 rings (SSSR count). The van der Waals surface area contributed by atoms with Crippen LogP contribution < -0.4 is 0 Å².